The second kappa shape index (κ2) is 5.91. The average molecular weight is 297 g/mol. The third-order valence-electron chi connectivity index (χ3n) is 4.24. The summed E-state index contributed by atoms with van der Waals surface area (Å²) in [7, 11) is 0. The van der Waals surface area contributed by atoms with Crippen molar-refractivity contribution in [3.05, 3.63) is 41.0 Å². The van der Waals surface area contributed by atoms with Crippen LogP contribution < -0.4 is 0 Å². The Labute approximate surface area is 130 Å². The summed E-state index contributed by atoms with van der Waals surface area (Å²) in [6.07, 6.45) is 4.34. The van der Waals surface area contributed by atoms with Gasteiger partial charge in [0, 0.05) is 12.1 Å². The maximum atomic E-state index is 4.66. The monoisotopic (exact) mass is 297 g/mol. The number of aryl methyl sites for hydroxylation is 2. The number of benzene rings is 1. The van der Waals surface area contributed by atoms with Crippen molar-refractivity contribution in [2.75, 3.05) is 0 Å². The molecule has 5 heteroatoms. The van der Waals surface area contributed by atoms with E-state index >= 15 is 0 Å². The molecule has 1 N–H and O–H groups in total. The number of nitrogens with one attached hydrogen (secondary N) is 1. The van der Waals surface area contributed by atoms with Gasteiger partial charge in [0.05, 0.1) is 16.7 Å². The minimum absolute atomic E-state index is 0.458. The van der Waals surface area contributed by atoms with Crippen molar-refractivity contribution >= 4 is 11.0 Å². The van der Waals surface area contributed by atoms with E-state index < -0.39 is 0 Å². The molecule has 22 heavy (non-hydrogen) atoms. The first-order chi connectivity index (χ1) is 10.6. The zero-order valence-corrected chi connectivity index (χ0v) is 13.7. The van der Waals surface area contributed by atoms with Gasteiger partial charge in [-0.1, -0.05) is 25.5 Å². The highest BCUT2D eigenvalue weighted by molar-refractivity contribution is 5.77. The van der Waals surface area contributed by atoms with Crippen LogP contribution in [-0.4, -0.2) is 25.0 Å². The Kier molecular flexibility index (Phi) is 3.96. The van der Waals surface area contributed by atoms with Crippen LogP contribution in [0.2, 0.25) is 0 Å². The Morgan fingerprint density at radius 3 is 2.77 bits per heavy atom. The first kappa shape index (κ1) is 14.8. The number of imidazole rings is 1. The molecule has 0 unspecified atom stereocenters. The molecule has 0 amide bonds. The van der Waals surface area contributed by atoms with E-state index in [9.17, 15) is 0 Å². The summed E-state index contributed by atoms with van der Waals surface area (Å²) >= 11 is 0. The molecule has 116 valence electrons. The lowest BCUT2D eigenvalue weighted by molar-refractivity contribution is 0.626. The SMILES string of the molecule is CCC[C@@H](C)c1cn(Cc2nc3cc(C)c(C)cc3[nH]2)nn1. The molecule has 0 fully saturated rings. The number of hydrogen-bond acceptors (Lipinski definition) is 3. The Bertz CT molecular complexity index is 745. The molecule has 0 saturated heterocycles. The Hall–Kier alpha value is -2.17. The van der Waals surface area contributed by atoms with E-state index in [-0.39, 0.29) is 0 Å². The Morgan fingerprint density at radius 2 is 2.00 bits per heavy atom. The fraction of sp³-hybridized carbons (Fsp3) is 0.471. The number of aromatic nitrogens is 5. The predicted octanol–water partition coefficient (Wildman–Crippen LogP) is 3.72. The number of fused-ring (bicyclic) bond motifs is 1. The zero-order valence-electron chi connectivity index (χ0n) is 13.7. The molecule has 5 nitrogen and oxygen atoms in total. The first-order valence-corrected chi connectivity index (χ1v) is 7.92. The first-order valence-electron chi connectivity index (χ1n) is 7.92. The highest BCUT2D eigenvalue weighted by Crippen LogP contribution is 2.19. The quantitative estimate of drug-likeness (QED) is 0.780. The molecule has 3 aromatic rings. The van der Waals surface area contributed by atoms with E-state index in [4.69, 9.17) is 0 Å². The van der Waals surface area contributed by atoms with Gasteiger partial charge in [-0.05, 0) is 43.5 Å². The van der Waals surface area contributed by atoms with E-state index in [1.807, 2.05) is 10.9 Å². The van der Waals surface area contributed by atoms with E-state index in [2.05, 4.69) is 60.1 Å². The van der Waals surface area contributed by atoms with Gasteiger partial charge in [0.25, 0.3) is 0 Å². The van der Waals surface area contributed by atoms with E-state index in [0.29, 0.717) is 12.5 Å². The van der Waals surface area contributed by atoms with Crippen LogP contribution >= 0.6 is 0 Å². The van der Waals surface area contributed by atoms with Crippen LogP contribution in [0.5, 0.6) is 0 Å². The van der Waals surface area contributed by atoms with Crippen LogP contribution in [-0.2, 0) is 6.54 Å². The topological polar surface area (TPSA) is 59.4 Å². The van der Waals surface area contributed by atoms with Gasteiger partial charge in [-0.2, -0.15) is 0 Å². The van der Waals surface area contributed by atoms with Crippen LogP contribution in [0.4, 0.5) is 0 Å². The smallest absolute Gasteiger partial charge is 0.129 e. The highest BCUT2D eigenvalue weighted by Gasteiger charge is 2.11. The van der Waals surface area contributed by atoms with Gasteiger partial charge in [-0.15, -0.1) is 5.10 Å². The van der Waals surface area contributed by atoms with Crippen LogP contribution in [0, 0.1) is 13.8 Å². The lowest BCUT2D eigenvalue weighted by Gasteiger charge is -2.03. The number of H-pyrrole nitrogens is 1. The number of hydrogen-bond donors (Lipinski definition) is 1. The molecule has 1 atom stereocenters. The number of aromatic amines is 1. The summed E-state index contributed by atoms with van der Waals surface area (Å²) in [5.74, 6) is 1.37. The number of nitrogens with zero attached hydrogens (tertiary/aromatic N) is 4. The maximum absolute atomic E-state index is 4.66. The van der Waals surface area contributed by atoms with E-state index in [0.717, 1.165) is 35.4 Å². The van der Waals surface area contributed by atoms with Crippen LogP contribution in [0.3, 0.4) is 0 Å². The van der Waals surface area contributed by atoms with Gasteiger partial charge in [0.15, 0.2) is 0 Å². The summed E-state index contributed by atoms with van der Waals surface area (Å²) in [6, 6.07) is 4.28. The van der Waals surface area contributed by atoms with E-state index in [1.54, 1.807) is 0 Å². The molecule has 3 rings (SSSR count). The van der Waals surface area contributed by atoms with Gasteiger partial charge in [-0.25, -0.2) is 9.67 Å². The predicted molar refractivity (Wildman–Crippen MR) is 88.0 cm³/mol. The summed E-state index contributed by atoms with van der Waals surface area (Å²) < 4.78 is 1.86. The molecule has 0 aliphatic rings. The van der Waals surface area contributed by atoms with E-state index in [1.165, 1.54) is 11.1 Å². The van der Waals surface area contributed by atoms with Gasteiger partial charge < -0.3 is 4.98 Å². The van der Waals surface area contributed by atoms with Gasteiger partial charge >= 0.3 is 0 Å². The lowest BCUT2D eigenvalue weighted by atomic mass is 10.0. The second-order valence-electron chi connectivity index (χ2n) is 6.17. The standard InChI is InChI=1S/C17H23N5/c1-5-6-11(2)16-9-22(21-20-16)10-17-18-14-7-12(3)13(4)8-15(14)19-17/h7-9,11H,5-6,10H2,1-4H3,(H,18,19)/t11-/m1/s1. The number of rotatable bonds is 5. The van der Waals surface area contributed by atoms with Crippen LogP contribution in [0.15, 0.2) is 18.3 Å². The van der Waals surface area contributed by atoms with Gasteiger partial charge in [0.1, 0.15) is 12.4 Å². The van der Waals surface area contributed by atoms with Crippen molar-refractivity contribution in [3.8, 4) is 0 Å². The molecular formula is C17H23N5. The molecule has 0 radical (unpaired) electrons. The normalized spacial score (nSPS) is 12.9. The Morgan fingerprint density at radius 1 is 1.23 bits per heavy atom. The Balaban J connectivity index is 1.81. The molecule has 0 spiro atoms. The third-order valence-corrected chi connectivity index (χ3v) is 4.24. The minimum atomic E-state index is 0.458. The fourth-order valence-electron chi connectivity index (χ4n) is 2.75. The lowest BCUT2D eigenvalue weighted by Crippen LogP contribution is -2.02. The zero-order chi connectivity index (χ0) is 15.7. The van der Waals surface area contributed by atoms with Crippen molar-refractivity contribution < 1.29 is 0 Å². The minimum Gasteiger partial charge on any atom is -0.340 e. The van der Waals surface area contributed by atoms with Gasteiger partial charge in [-0.3, -0.25) is 0 Å². The molecule has 2 aromatic heterocycles. The van der Waals surface area contributed by atoms with Crippen molar-refractivity contribution in [2.24, 2.45) is 0 Å². The highest BCUT2D eigenvalue weighted by atomic mass is 15.4. The average Bonchev–Trinajstić information content (AvgIpc) is 3.07. The summed E-state index contributed by atoms with van der Waals surface area (Å²) in [5.41, 5.74) is 5.70. The molecule has 0 aliphatic carbocycles. The maximum Gasteiger partial charge on any atom is 0.129 e. The summed E-state index contributed by atoms with van der Waals surface area (Å²) in [6.45, 7) is 9.25. The van der Waals surface area contributed by atoms with Crippen LogP contribution in [0.25, 0.3) is 11.0 Å². The molecule has 0 bridgehead atoms. The molecule has 0 saturated carbocycles. The molecule has 1 aromatic carbocycles. The van der Waals surface area contributed by atoms with Gasteiger partial charge in [0.2, 0.25) is 0 Å². The third kappa shape index (κ3) is 2.89. The fourth-order valence-corrected chi connectivity index (χ4v) is 2.75. The molecule has 2 heterocycles. The molecule has 0 aliphatic heterocycles. The van der Waals surface area contributed by atoms with Crippen molar-refractivity contribution in [2.45, 2.75) is 53.0 Å². The summed E-state index contributed by atoms with van der Waals surface area (Å²) in [5, 5.41) is 8.51. The molecular weight excluding hydrogens is 274 g/mol. The van der Waals surface area contributed by atoms with Crippen LogP contribution in [0.1, 0.15) is 55.3 Å². The van der Waals surface area contributed by atoms with Crippen molar-refractivity contribution in [1.29, 1.82) is 0 Å². The van der Waals surface area contributed by atoms with Crippen molar-refractivity contribution in [1.82, 2.24) is 25.0 Å². The van der Waals surface area contributed by atoms with Crippen molar-refractivity contribution in [3.63, 3.8) is 0 Å². The second-order valence-corrected chi connectivity index (χ2v) is 6.17. The summed E-state index contributed by atoms with van der Waals surface area (Å²) in [4.78, 5) is 8.03. The largest absolute Gasteiger partial charge is 0.340 e.